The highest BCUT2D eigenvalue weighted by Crippen LogP contribution is 2.18. The summed E-state index contributed by atoms with van der Waals surface area (Å²) in [6.07, 6.45) is 2.11. The smallest absolute Gasteiger partial charge is 0.287 e. The first-order valence-corrected chi connectivity index (χ1v) is 3.32. The van der Waals surface area contributed by atoms with Gasteiger partial charge in [0.05, 0.1) is 0 Å². The van der Waals surface area contributed by atoms with Crippen molar-refractivity contribution in [3.8, 4) is 0 Å². The van der Waals surface area contributed by atoms with Crippen molar-refractivity contribution in [3.05, 3.63) is 12.1 Å². The topological polar surface area (TPSA) is 12.4 Å². The largest absolute Gasteiger partial charge is 0.344 e. The van der Waals surface area contributed by atoms with Gasteiger partial charge in [-0.1, -0.05) is 32.8 Å². The summed E-state index contributed by atoms with van der Waals surface area (Å²) >= 11 is 0. The van der Waals surface area contributed by atoms with Crippen molar-refractivity contribution in [3.63, 3.8) is 0 Å². The second-order valence-electron chi connectivity index (χ2n) is 3.38. The fourth-order valence-corrected chi connectivity index (χ4v) is 0.855. The van der Waals surface area contributed by atoms with Crippen molar-refractivity contribution in [2.45, 2.75) is 20.8 Å². The summed E-state index contributed by atoms with van der Waals surface area (Å²) < 4.78 is 0. The molecule has 0 saturated heterocycles. The van der Waals surface area contributed by atoms with Crippen LogP contribution in [0.5, 0.6) is 0 Å². The lowest BCUT2D eigenvalue weighted by molar-refractivity contribution is 0.596. The molecular formula is C7H12BN. The molecule has 1 aliphatic heterocycles. The Morgan fingerprint density at radius 2 is 2.11 bits per heavy atom. The zero-order chi connectivity index (χ0) is 6.91. The molecule has 1 rings (SSSR count). The second kappa shape index (κ2) is 2.01. The quantitative estimate of drug-likeness (QED) is 0.429. The van der Waals surface area contributed by atoms with E-state index in [1.54, 1.807) is 0 Å². The first kappa shape index (κ1) is 6.59. The predicted octanol–water partition coefficient (Wildman–Crippen LogP) is 1.35. The van der Waals surface area contributed by atoms with E-state index in [-0.39, 0.29) is 5.41 Å². The Labute approximate surface area is 57.1 Å². The van der Waals surface area contributed by atoms with Gasteiger partial charge in [-0.2, -0.15) is 0 Å². The summed E-state index contributed by atoms with van der Waals surface area (Å²) in [4.78, 5) is 4.31. The molecule has 0 fully saturated rings. The molecular weight excluding hydrogens is 109 g/mol. The molecule has 0 bridgehead atoms. The third-order valence-corrected chi connectivity index (χ3v) is 1.41. The van der Waals surface area contributed by atoms with Gasteiger partial charge in [0.15, 0.2) is 0 Å². The lowest BCUT2D eigenvalue weighted by Crippen LogP contribution is -2.16. The molecule has 2 heteroatoms. The summed E-state index contributed by atoms with van der Waals surface area (Å²) in [5.41, 5.74) is 1.47. The van der Waals surface area contributed by atoms with Crippen molar-refractivity contribution < 1.29 is 0 Å². The maximum absolute atomic E-state index is 4.31. The van der Waals surface area contributed by atoms with Gasteiger partial charge in [-0.3, -0.25) is 0 Å². The number of rotatable bonds is 0. The van der Waals surface area contributed by atoms with E-state index in [0.717, 1.165) is 7.41 Å². The molecule has 48 valence electrons. The van der Waals surface area contributed by atoms with Crippen molar-refractivity contribution in [1.29, 1.82) is 0 Å². The van der Waals surface area contributed by atoms with Crippen LogP contribution >= 0.6 is 0 Å². The Morgan fingerprint density at radius 3 is 2.33 bits per heavy atom. The van der Waals surface area contributed by atoms with Crippen LogP contribution in [0.1, 0.15) is 20.8 Å². The number of hydrogen-bond acceptors (Lipinski definition) is 1. The molecule has 1 aliphatic rings. The predicted molar refractivity (Wildman–Crippen MR) is 43.2 cm³/mol. The maximum atomic E-state index is 4.31. The van der Waals surface area contributed by atoms with Gasteiger partial charge in [-0.25, -0.2) is 0 Å². The minimum Gasteiger partial charge on any atom is -0.344 e. The monoisotopic (exact) mass is 121 g/mol. The highest BCUT2D eigenvalue weighted by atomic mass is 14.7. The normalized spacial score (nSPS) is 17.4. The van der Waals surface area contributed by atoms with Gasteiger partial charge < -0.3 is 4.90 Å². The van der Waals surface area contributed by atoms with E-state index in [9.17, 15) is 0 Å². The summed E-state index contributed by atoms with van der Waals surface area (Å²) in [6.45, 7) is 6.55. The average molecular weight is 121 g/mol. The Kier molecular flexibility index (Phi) is 1.48. The van der Waals surface area contributed by atoms with Crippen LogP contribution in [0.15, 0.2) is 17.0 Å². The summed E-state index contributed by atoms with van der Waals surface area (Å²) in [5.74, 6) is 2.10. The van der Waals surface area contributed by atoms with Crippen LogP contribution in [0.3, 0.4) is 0 Å². The van der Waals surface area contributed by atoms with Gasteiger partial charge >= 0.3 is 0 Å². The maximum Gasteiger partial charge on any atom is 0.287 e. The van der Waals surface area contributed by atoms with Gasteiger partial charge in [-0.15, -0.1) is 0 Å². The Balaban J connectivity index is 2.73. The van der Waals surface area contributed by atoms with E-state index in [0.29, 0.717) is 0 Å². The van der Waals surface area contributed by atoms with E-state index < -0.39 is 0 Å². The zero-order valence-electron chi connectivity index (χ0n) is 6.31. The molecule has 0 spiro atoms. The third-order valence-electron chi connectivity index (χ3n) is 1.41. The summed E-state index contributed by atoms with van der Waals surface area (Å²) in [6, 6.07) is 0. The van der Waals surface area contributed by atoms with Crippen molar-refractivity contribution >= 4 is 13.1 Å². The van der Waals surface area contributed by atoms with Gasteiger partial charge in [-0.05, 0) is 0 Å². The lowest BCUT2D eigenvalue weighted by atomic mass is 9.90. The van der Waals surface area contributed by atoms with Crippen molar-refractivity contribution in [1.82, 2.24) is 0 Å². The van der Waals surface area contributed by atoms with E-state index in [2.05, 4.69) is 37.7 Å². The van der Waals surface area contributed by atoms with Crippen molar-refractivity contribution in [2.24, 2.45) is 10.3 Å². The van der Waals surface area contributed by atoms with Crippen LogP contribution in [0.2, 0.25) is 0 Å². The van der Waals surface area contributed by atoms with Crippen LogP contribution in [-0.2, 0) is 0 Å². The molecule has 0 saturated carbocycles. The summed E-state index contributed by atoms with van der Waals surface area (Å²) in [5, 5.41) is 0. The lowest BCUT2D eigenvalue weighted by Gasteiger charge is -2.16. The Bertz CT molecular complexity index is 162. The van der Waals surface area contributed by atoms with E-state index in [1.165, 1.54) is 5.71 Å². The van der Waals surface area contributed by atoms with E-state index in [1.807, 2.05) is 0 Å². The highest BCUT2D eigenvalue weighted by molar-refractivity contribution is 6.47. The number of nitrogens with zero attached hydrogens (tertiary/aromatic N) is 1. The number of hydrogen-bond donors (Lipinski definition) is 0. The first-order valence-electron chi connectivity index (χ1n) is 3.32. The van der Waals surface area contributed by atoms with Crippen molar-refractivity contribution in [2.75, 3.05) is 0 Å². The molecule has 1 heterocycles. The SMILES string of the molecule is CC(C)(C)C1=NBC=C1. The minimum atomic E-state index is 0.243. The molecule has 9 heavy (non-hydrogen) atoms. The third kappa shape index (κ3) is 1.44. The molecule has 0 unspecified atom stereocenters. The molecule has 1 nitrogen and oxygen atoms in total. The van der Waals surface area contributed by atoms with Crippen LogP contribution in [-0.4, -0.2) is 13.1 Å². The van der Waals surface area contributed by atoms with Gasteiger partial charge in [0.2, 0.25) is 0 Å². The minimum absolute atomic E-state index is 0.243. The molecule has 0 radical (unpaired) electrons. The van der Waals surface area contributed by atoms with Crippen LogP contribution in [0, 0.1) is 5.41 Å². The Hall–Kier alpha value is -0.525. The van der Waals surface area contributed by atoms with E-state index in [4.69, 9.17) is 0 Å². The summed E-state index contributed by atoms with van der Waals surface area (Å²) in [7, 11) is 0.882. The fourth-order valence-electron chi connectivity index (χ4n) is 0.855. The van der Waals surface area contributed by atoms with Gasteiger partial charge in [0.1, 0.15) is 0 Å². The first-order chi connectivity index (χ1) is 4.11. The molecule has 0 N–H and O–H groups in total. The van der Waals surface area contributed by atoms with Crippen LogP contribution in [0.4, 0.5) is 0 Å². The van der Waals surface area contributed by atoms with E-state index >= 15 is 0 Å². The highest BCUT2D eigenvalue weighted by Gasteiger charge is 2.17. The number of allylic oxidation sites excluding steroid dienone is 1. The van der Waals surface area contributed by atoms with Gasteiger partial charge in [0.25, 0.3) is 7.41 Å². The van der Waals surface area contributed by atoms with Crippen LogP contribution < -0.4 is 0 Å². The van der Waals surface area contributed by atoms with Crippen LogP contribution in [0.25, 0.3) is 0 Å². The molecule has 0 atom stereocenters. The molecule has 0 aliphatic carbocycles. The molecule has 0 aromatic rings. The molecule has 0 aromatic heterocycles. The molecule has 0 amide bonds. The standard InChI is InChI=1S/C7H12BN/c1-7(2,3)6-4-5-8-9-6/h4-5,8H,1-3H3. The average Bonchev–Trinajstić information content (AvgIpc) is 2.08. The zero-order valence-corrected chi connectivity index (χ0v) is 6.31. The Morgan fingerprint density at radius 1 is 1.44 bits per heavy atom. The molecule has 0 aromatic carbocycles. The second-order valence-corrected chi connectivity index (χ2v) is 3.38. The fraction of sp³-hybridized carbons (Fsp3) is 0.571. The van der Waals surface area contributed by atoms with Gasteiger partial charge in [0, 0.05) is 11.1 Å².